The third-order valence-corrected chi connectivity index (χ3v) is 4.27. The first-order chi connectivity index (χ1) is 11.4. The van der Waals surface area contributed by atoms with E-state index in [-0.39, 0.29) is 11.9 Å². The van der Waals surface area contributed by atoms with Gasteiger partial charge >= 0.3 is 11.9 Å². The molecule has 1 heterocycles. The molecule has 0 unspecified atom stereocenters. The van der Waals surface area contributed by atoms with Crippen molar-refractivity contribution in [1.29, 1.82) is 0 Å². The summed E-state index contributed by atoms with van der Waals surface area (Å²) < 4.78 is 11.1. The second kappa shape index (κ2) is 6.81. The van der Waals surface area contributed by atoms with Gasteiger partial charge in [-0.2, -0.15) is 0 Å². The van der Waals surface area contributed by atoms with E-state index >= 15 is 0 Å². The maximum atomic E-state index is 12.7. The highest BCUT2D eigenvalue weighted by Crippen LogP contribution is 2.40. The molecule has 6 heteroatoms. The Kier molecular flexibility index (Phi) is 5.30. The lowest BCUT2D eigenvalue weighted by atomic mass is 9.76. The van der Waals surface area contributed by atoms with Gasteiger partial charge in [0.1, 0.15) is 11.2 Å². The summed E-state index contributed by atoms with van der Waals surface area (Å²) in [5, 5.41) is 0. The van der Waals surface area contributed by atoms with Crippen LogP contribution in [0.3, 0.4) is 0 Å². The second-order valence-corrected chi connectivity index (χ2v) is 8.91. The quantitative estimate of drug-likeness (QED) is 0.444. The van der Waals surface area contributed by atoms with Crippen molar-refractivity contribution >= 4 is 18.3 Å². The molecule has 1 aliphatic carbocycles. The van der Waals surface area contributed by atoms with Crippen LogP contribution in [0, 0.1) is 11.8 Å². The van der Waals surface area contributed by atoms with Gasteiger partial charge in [0.25, 0.3) is 0 Å². The zero-order valence-electron chi connectivity index (χ0n) is 16.0. The van der Waals surface area contributed by atoms with E-state index in [0.717, 1.165) is 17.6 Å². The molecule has 2 aliphatic rings. The van der Waals surface area contributed by atoms with Gasteiger partial charge in [0.2, 0.25) is 6.41 Å². The van der Waals surface area contributed by atoms with Crippen LogP contribution < -0.4 is 0 Å². The van der Waals surface area contributed by atoms with Gasteiger partial charge in [0.15, 0.2) is 0 Å². The largest absolute Gasteiger partial charge is 0.460 e. The molecule has 25 heavy (non-hydrogen) atoms. The van der Waals surface area contributed by atoms with Gasteiger partial charge in [-0.1, -0.05) is 0 Å². The number of ether oxygens (including phenoxy) is 2. The minimum Gasteiger partial charge on any atom is -0.460 e. The smallest absolute Gasteiger partial charge is 0.310 e. The fourth-order valence-electron chi connectivity index (χ4n) is 3.33. The molecule has 140 valence electrons. The second-order valence-electron chi connectivity index (χ2n) is 8.91. The van der Waals surface area contributed by atoms with Gasteiger partial charge in [-0.3, -0.25) is 14.4 Å². The highest BCUT2D eigenvalue weighted by atomic mass is 16.6. The summed E-state index contributed by atoms with van der Waals surface area (Å²) in [7, 11) is 0. The Balaban J connectivity index is 2.24. The highest BCUT2D eigenvalue weighted by Gasteiger charge is 2.44. The van der Waals surface area contributed by atoms with Crippen LogP contribution in [-0.2, 0) is 23.9 Å². The van der Waals surface area contributed by atoms with E-state index in [9.17, 15) is 14.4 Å². The molecular weight excluding hydrogens is 322 g/mol. The Bertz CT molecular complexity index is 546. The van der Waals surface area contributed by atoms with Gasteiger partial charge in [-0.25, -0.2) is 0 Å². The summed E-state index contributed by atoms with van der Waals surface area (Å²) >= 11 is 0. The van der Waals surface area contributed by atoms with E-state index in [4.69, 9.17) is 9.47 Å². The average Bonchev–Trinajstić information content (AvgIpc) is 2.84. The number of carbonyl (C=O) groups is 3. The molecule has 0 aromatic carbocycles. The maximum Gasteiger partial charge on any atom is 0.310 e. The van der Waals surface area contributed by atoms with Crippen molar-refractivity contribution in [3.8, 4) is 0 Å². The Morgan fingerprint density at radius 2 is 1.24 bits per heavy atom. The number of hydrogen-bond donors (Lipinski definition) is 0. The molecule has 1 aliphatic heterocycles. The maximum absolute atomic E-state index is 12.7. The molecule has 0 spiro atoms. The number of amides is 1. The zero-order chi connectivity index (χ0) is 19.0. The van der Waals surface area contributed by atoms with Crippen molar-refractivity contribution in [2.45, 2.75) is 65.6 Å². The molecule has 0 aromatic heterocycles. The van der Waals surface area contributed by atoms with Crippen LogP contribution in [0.1, 0.15) is 54.4 Å². The molecule has 0 bridgehead atoms. The van der Waals surface area contributed by atoms with E-state index in [0.29, 0.717) is 25.9 Å². The van der Waals surface area contributed by atoms with E-state index in [1.807, 2.05) is 41.5 Å². The van der Waals surface area contributed by atoms with Crippen LogP contribution in [0.15, 0.2) is 11.1 Å². The number of nitrogens with zero attached hydrogens (tertiary/aromatic N) is 1. The van der Waals surface area contributed by atoms with E-state index in [1.54, 1.807) is 4.90 Å². The predicted molar refractivity (Wildman–Crippen MR) is 92.6 cm³/mol. The molecule has 0 saturated heterocycles. The van der Waals surface area contributed by atoms with Gasteiger partial charge in [-0.15, -0.1) is 0 Å². The normalized spacial score (nSPS) is 24.0. The number of carbonyl (C=O) groups excluding carboxylic acids is 3. The topological polar surface area (TPSA) is 72.9 Å². The fraction of sp³-hybridized carbons (Fsp3) is 0.737. The lowest BCUT2D eigenvalue weighted by Gasteiger charge is -2.33. The molecule has 0 N–H and O–H groups in total. The lowest BCUT2D eigenvalue weighted by Crippen LogP contribution is -2.40. The summed E-state index contributed by atoms with van der Waals surface area (Å²) in [4.78, 5) is 38.1. The molecule has 0 aromatic rings. The molecule has 0 saturated carbocycles. The molecular formula is C19H29NO5. The number of hydrogen-bond acceptors (Lipinski definition) is 5. The number of esters is 2. The Labute approximate surface area is 149 Å². The summed E-state index contributed by atoms with van der Waals surface area (Å²) in [6, 6.07) is 0. The minimum atomic E-state index is -0.616. The van der Waals surface area contributed by atoms with Crippen molar-refractivity contribution in [3.63, 3.8) is 0 Å². The van der Waals surface area contributed by atoms with Gasteiger partial charge in [0, 0.05) is 13.1 Å². The van der Waals surface area contributed by atoms with Crippen molar-refractivity contribution < 1.29 is 23.9 Å². The van der Waals surface area contributed by atoms with Gasteiger partial charge < -0.3 is 14.4 Å². The van der Waals surface area contributed by atoms with E-state index < -0.39 is 23.0 Å². The molecule has 2 atom stereocenters. The molecule has 0 radical (unpaired) electrons. The highest BCUT2D eigenvalue weighted by molar-refractivity contribution is 5.84. The Hall–Kier alpha value is -1.85. The summed E-state index contributed by atoms with van der Waals surface area (Å²) in [6.45, 7) is 11.9. The average molecular weight is 351 g/mol. The fourth-order valence-corrected chi connectivity index (χ4v) is 3.33. The van der Waals surface area contributed by atoms with Gasteiger partial charge in [-0.05, 0) is 65.5 Å². The monoisotopic (exact) mass is 351 g/mol. The molecule has 2 rings (SSSR count). The molecule has 0 fully saturated rings. The van der Waals surface area contributed by atoms with Crippen LogP contribution in [0.5, 0.6) is 0 Å². The van der Waals surface area contributed by atoms with Crippen LogP contribution in [-0.4, -0.2) is 47.5 Å². The number of rotatable bonds is 3. The van der Waals surface area contributed by atoms with Gasteiger partial charge in [0.05, 0.1) is 11.8 Å². The van der Waals surface area contributed by atoms with Crippen molar-refractivity contribution in [1.82, 2.24) is 4.90 Å². The van der Waals surface area contributed by atoms with Crippen LogP contribution in [0.4, 0.5) is 0 Å². The minimum absolute atomic E-state index is 0.375. The first-order valence-electron chi connectivity index (χ1n) is 8.74. The SMILES string of the molecule is CC(C)(C)OC(=O)[C@H]1CC2=C(C[C@H]1C(=O)OC(C)(C)C)CN(C=O)C2. The summed E-state index contributed by atoms with van der Waals surface area (Å²) in [5.74, 6) is -1.89. The van der Waals surface area contributed by atoms with E-state index in [1.165, 1.54) is 0 Å². The van der Waals surface area contributed by atoms with E-state index in [2.05, 4.69) is 0 Å². The van der Waals surface area contributed by atoms with Crippen molar-refractivity contribution in [2.24, 2.45) is 11.8 Å². The Morgan fingerprint density at radius 3 is 1.52 bits per heavy atom. The Morgan fingerprint density at radius 1 is 0.880 bits per heavy atom. The van der Waals surface area contributed by atoms with Crippen LogP contribution >= 0.6 is 0 Å². The summed E-state index contributed by atoms with van der Waals surface area (Å²) in [6.07, 6.45) is 1.69. The first kappa shape index (κ1) is 19.5. The van der Waals surface area contributed by atoms with Crippen LogP contribution in [0.25, 0.3) is 0 Å². The molecule has 6 nitrogen and oxygen atoms in total. The summed E-state index contributed by atoms with van der Waals surface area (Å²) in [5.41, 5.74) is 0.911. The lowest BCUT2D eigenvalue weighted by molar-refractivity contribution is -0.173. The first-order valence-corrected chi connectivity index (χ1v) is 8.74. The van der Waals surface area contributed by atoms with Crippen molar-refractivity contribution in [2.75, 3.05) is 13.1 Å². The standard InChI is InChI=1S/C19H29NO5/c1-18(2,3)24-16(22)14-7-12-9-20(11-21)10-13(12)8-15(14)17(23)25-19(4,5)6/h11,14-15H,7-10H2,1-6H3/t14-,15+. The third kappa shape index (κ3) is 5.06. The zero-order valence-corrected chi connectivity index (χ0v) is 16.0. The predicted octanol–water partition coefficient (Wildman–Crippen LogP) is 2.46. The van der Waals surface area contributed by atoms with Crippen LogP contribution in [0.2, 0.25) is 0 Å². The van der Waals surface area contributed by atoms with Crippen molar-refractivity contribution in [3.05, 3.63) is 11.1 Å². The molecule has 1 amide bonds. The third-order valence-electron chi connectivity index (χ3n) is 4.27.